The molecular formula is C8H16N4O2S. The second-order valence-corrected chi connectivity index (χ2v) is 6.33. The summed E-state index contributed by atoms with van der Waals surface area (Å²) in [7, 11) is -3.44. The van der Waals surface area contributed by atoms with Crippen LogP contribution < -0.4 is 5.73 Å². The van der Waals surface area contributed by atoms with Gasteiger partial charge in [-0.05, 0) is 27.7 Å². The van der Waals surface area contributed by atoms with Gasteiger partial charge in [0, 0.05) is 0 Å². The van der Waals surface area contributed by atoms with Crippen molar-refractivity contribution >= 4 is 15.7 Å². The number of hydrogen-bond donors (Lipinski definition) is 1. The number of aromatic nitrogens is 3. The maximum absolute atomic E-state index is 11.8. The van der Waals surface area contributed by atoms with Crippen LogP contribution in [0, 0.1) is 0 Å². The highest BCUT2D eigenvalue weighted by molar-refractivity contribution is 7.92. The second-order valence-electron chi connectivity index (χ2n) is 3.91. The Morgan fingerprint density at radius 2 is 1.80 bits per heavy atom. The summed E-state index contributed by atoms with van der Waals surface area (Å²) in [5.74, 6) is 0.110. The first kappa shape index (κ1) is 12.0. The summed E-state index contributed by atoms with van der Waals surface area (Å²) in [5, 5.41) is 6.69. The fourth-order valence-electron chi connectivity index (χ4n) is 1.09. The van der Waals surface area contributed by atoms with Gasteiger partial charge in [0.25, 0.3) is 0 Å². The molecule has 0 radical (unpaired) electrons. The van der Waals surface area contributed by atoms with E-state index < -0.39 is 15.1 Å². The summed E-state index contributed by atoms with van der Waals surface area (Å²) in [4.78, 5) is 0. The normalized spacial score (nSPS) is 12.7. The van der Waals surface area contributed by atoms with Crippen molar-refractivity contribution in [1.29, 1.82) is 0 Å². The van der Waals surface area contributed by atoms with Crippen molar-refractivity contribution in [3.8, 4) is 0 Å². The third kappa shape index (κ3) is 1.97. The lowest BCUT2D eigenvalue weighted by molar-refractivity contribution is 0.521. The molecule has 0 bridgehead atoms. The molecule has 1 aromatic rings. The lowest BCUT2D eigenvalue weighted by Crippen LogP contribution is -2.16. The van der Waals surface area contributed by atoms with Crippen LogP contribution in [0.15, 0.2) is 5.03 Å². The van der Waals surface area contributed by atoms with E-state index in [1.165, 1.54) is 4.68 Å². The molecule has 0 saturated carbocycles. The summed E-state index contributed by atoms with van der Waals surface area (Å²) in [5.41, 5.74) is 5.69. The summed E-state index contributed by atoms with van der Waals surface area (Å²) in [6.07, 6.45) is 0. The molecule has 1 heterocycles. The number of nitrogen functional groups attached to an aromatic ring is 1. The molecule has 7 heteroatoms. The van der Waals surface area contributed by atoms with Crippen LogP contribution in [0.4, 0.5) is 5.82 Å². The molecule has 6 nitrogen and oxygen atoms in total. The van der Waals surface area contributed by atoms with Crippen molar-refractivity contribution in [2.45, 2.75) is 44.0 Å². The molecule has 0 aliphatic heterocycles. The number of anilines is 1. The molecule has 0 saturated heterocycles. The smallest absolute Gasteiger partial charge is 0.221 e. The van der Waals surface area contributed by atoms with Gasteiger partial charge in [0.15, 0.2) is 5.82 Å². The Balaban J connectivity index is 3.30. The van der Waals surface area contributed by atoms with E-state index >= 15 is 0 Å². The molecule has 0 aromatic carbocycles. The topological polar surface area (TPSA) is 90.9 Å². The Morgan fingerprint density at radius 3 is 2.13 bits per heavy atom. The molecule has 0 aliphatic rings. The molecule has 0 aliphatic carbocycles. The Hall–Kier alpha value is -1.11. The molecular weight excluding hydrogens is 216 g/mol. The maximum Gasteiger partial charge on any atom is 0.221 e. The van der Waals surface area contributed by atoms with E-state index in [2.05, 4.69) is 10.3 Å². The van der Waals surface area contributed by atoms with Gasteiger partial charge in [-0.25, -0.2) is 13.1 Å². The molecule has 0 unspecified atom stereocenters. The van der Waals surface area contributed by atoms with Crippen LogP contribution in [0.2, 0.25) is 0 Å². The first-order valence-corrected chi connectivity index (χ1v) is 6.27. The summed E-state index contributed by atoms with van der Waals surface area (Å²) in [6.45, 7) is 6.89. The van der Waals surface area contributed by atoms with Crippen molar-refractivity contribution < 1.29 is 8.42 Å². The minimum Gasteiger partial charge on any atom is -0.381 e. The van der Waals surface area contributed by atoms with E-state index in [4.69, 9.17) is 5.73 Å². The van der Waals surface area contributed by atoms with Gasteiger partial charge in [-0.1, -0.05) is 5.21 Å². The Morgan fingerprint density at radius 1 is 1.27 bits per heavy atom. The third-order valence-corrected chi connectivity index (χ3v) is 4.15. The van der Waals surface area contributed by atoms with E-state index in [9.17, 15) is 8.42 Å². The summed E-state index contributed by atoms with van der Waals surface area (Å²) >= 11 is 0. The standard InChI is InChI=1S/C8H16N4O2S/c1-5(2)12-7(9)8(10-11-12)15(13,14)6(3)4/h5-6H,9H2,1-4H3. The molecule has 1 aromatic heterocycles. The van der Waals surface area contributed by atoms with Gasteiger partial charge in [0.1, 0.15) is 0 Å². The van der Waals surface area contributed by atoms with Gasteiger partial charge >= 0.3 is 0 Å². The van der Waals surface area contributed by atoms with Crippen LogP contribution in [-0.4, -0.2) is 28.7 Å². The lowest BCUT2D eigenvalue weighted by Gasteiger charge is -2.07. The highest BCUT2D eigenvalue weighted by Gasteiger charge is 2.27. The zero-order valence-electron chi connectivity index (χ0n) is 9.30. The quantitative estimate of drug-likeness (QED) is 0.825. The number of sulfone groups is 1. The molecule has 0 amide bonds. The van der Waals surface area contributed by atoms with E-state index in [1.54, 1.807) is 13.8 Å². The van der Waals surface area contributed by atoms with E-state index in [0.29, 0.717) is 0 Å². The zero-order chi connectivity index (χ0) is 11.8. The van der Waals surface area contributed by atoms with Crippen LogP contribution in [0.1, 0.15) is 33.7 Å². The van der Waals surface area contributed by atoms with Gasteiger partial charge in [-0.2, -0.15) is 0 Å². The predicted octanol–water partition coefficient (Wildman–Crippen LogP) is 0.623. The monoisotopic (exact) mass is 232 g/mol. The van der Waals surface area contributed by atoms with Gasteiger partial charge in [-0.15, -0.1) is 5.10 Å². The van der Waals surface area contributed by atoms with Crippen molar-refractivity contribution in [2.24, 2.45) is 0 Å². The van der Waals surface area contributed by atoms with Crippen LogP contribution in [0.3, 0.4) is 0 Å². The largest absolute Gasteiger partial charge is 0.381 e. The van der Waals surface area contributed by atoms with Crippen molar-refractivity contribution in [2.75, 3.05) is 5.73 Å². The van der Waals surface area contributed by atoms with Gasteiger partial charge < -0.3 is 5.73 Å². The number of rotatable bonds is 3. The SMILES string of the molecule is CC(C)n1nnc(S(=O)(=O)C(C)C)c1N. The van der Waals surface area contributed by atoms with Crippen LogP contribution in [0.25, 0.3) is 0 Å². The number of nitrogens with two attached hydrogens (primary N) is 1. The van der Waals surface area contributed by atoms with Crippen LogP contribution in [0.5, 0.6) is 0 Å². The van der Waals surface area contributed by atoms with E-state index in [1.807, 2.05) is 13.8 Å². The Kier molecular flexibility index (Phi) is 3.03. The van der Waals surface area contributed by atoms with Gasteiger partial charge in [0.2, 0.25) is 14.9 Å². The average molecular weight is 232 g/mol. The average Bonchev–Trinajstić information content (AvgIpc) is 2.46. The third-order valence-electron chi connectivity index (χ3n) is 2.08. The van der Waals surface area contributed by atoms with Crippen LogP contribution in [-0.2, 0) is 9.84 Å². The second kappa shape index (κ2) is 3.80. The molecule has 1 rings (SSSR count). The van der Waals surface area contributed by atoms with Gasteiger partial charge in [-0.3, -0.25) is 0 Å². The highest BCUT2D eigenvalue weighted by Crippen LogP contribution is 2.21. The minimum absolute atomic E-state index is 0.00591. The van der Waals surface area contributed by atoms with Crippen molar-refractivity contribution in [3.63, 3.8) is 0 Å². The first-order chi connectivity index (χ1) is 6.78. The molecule has 0 fully saturated rings. The van der Waals surface area contributed by atoms with Crippen molar-refractivity contribution in [1.82, 2.24) is 15.0 Å². The predicted molar refractivity (Wildman–Crippen MR) is 57.1 cm³/mol. The fraction of sp³-hybridized carbons (Fsp3) is 0.750. The Bertz CT molecular complexity index is 447. The fourth-order valence-corrected chi connectivity index (χ4v) is 2.08. The minimum atomic E-state index is -3.44. The van der Waals surface area contributed by atoms with Crippen molar-refractivity contribution in [3.05, 3.63) is 0 Å². The zero-order valence-corrected chi connectivity index (χ0v) is 10.1. The van der Waals surface area contributed by atoms with E-state index in [0.717, 1.165) is 0 Å². The maximum atomic E-state index is 11.8. The highest BCUT2D eigenvalue weighted by atomic mass is 32.2. The molecule has 86 valence electrons. The van der Waals surface area contributed by atoms with E-state index in [-0.39, 0.29) is 16.9 Å². The Labute approximate surface area is 89.4 Å². The number of hydrogen-bond acceptors (Lipinski definition) is 5. The molecule has 15 heavy (non-hydrogen) atoms. The summed E-state index contributed by atoms with van der Waals surface area (Å²) < 4.78 is 25.0. The molecule has 2 N–H and O–H groups in total. The van der Waals surface area contributed by atoms with Crippen LogP contribution >= 0.6 is 0 Å². The van der Waals surface area contributed by atoms with Gasteiger partial charge in [0.05, 0.1) is 11.3 Å². The lowest BCUT2D eigenvalue weighted by atomic mass is 10.4. The first-order valence-electron chi connectivity index (χ1n) is 4.73. The summed E-state index contributed by atoms with van der Waals surface area (Å²) in [6, 6.07) is -0.00591. The number of nitrogens with zero attached hydrogens (tertiary/aromatic N) is 3. The molecule has 0 atom stereocenters. The molecule has 0 spiro atoms.